The van der Waals surface area contributed by atoms with Crippen LogP contribution in [0, 0.1) is 0 Å². The molecule has 96 valence electrons. The van der Waals surface area contributed by atoms with Crippen LogP contribution in [-0.2, 0) is 0 Å². The Kier molecular flexibility index (Phi) is 2.91. The van der Waals surface area contributed by atoms with Crippen LogP contribution < -0.4 is 5.73 Å². The molecule has 18 heavy (non-hydrogen) atoms. The summed E-state index contributed by atoms with van der Waals surface area (Å²) in [6, 6.07) is 3.77. The van der Waals surface area contributed by atoms with Gasteiger partial charge in [-0.15, -0.1) is 0 Å². The van der Waals surface area contributed by atoms with Gasteiger partial charge in [-0.2, -0.15) is 5.10 Å². The molecule has 1 unspecified atom stereocenters. The van der Waals surface area contributed by atoms with Gasteiger partial charge in [0.15, 0.2) is 11.5 Å². The highest BCUT2D eigenvalue weighted by molar-refractivity contribution is 5.63. The molecule has 1 aliphatic heterocycles. The fraction of sp³-hybridized carbons (Fsp3) is 0.538. The smallest absolute Gasteiger partial charge is 0.178 e. The maximum Gasteiger partial charge on any atom is 0.178 e. The summed E-state index contributed by atoms with van der Waals surface area (Å²) in [5.41, 5.74) is 7.39. The van der Waals surface area contributed by atoms with E-state index in [4.69, 9.17) is 5.73 Å². The molecule has 5 heteroatoms. The zero-order chi connectivity index (χ0) is 12.5. The molecule has 2 aromatic heterocycles. The van der Waals surface area contributed by atoms with E-state index in [1.165, 1.54) is 19.4 Å². The fourth-order valence-corrected chi connectivity index (χ4v) is 2.67. The molecule has 3 rings (SSSR count). The van der Waals surface area contributed by atoms with Crippen molar-refractivity contribution in [2.45, 2.75) is 25.7 Å². The molecule has 1 saturated heterocycles. The maximum atomic E-state index is 5.92. The number of anilines is 1. The van der Waals surface area contributed by atoms with Crippen LogP contribution >= 0.6 is 0 Å². The normalized spacial score (nSPS) is 21.5. The van der Waals surface area contributed by atoms with Gasteiger partial charge in [0, 0.05) is 18.7 Å². The molecule has 1 fully saturated rings. The molecule has 0 aliphatic carbocycles. The van der Waals surface area contributed by atoms with Crippen LogP contribution in [0.5, 0.6) is 0 Å². The number of hydrogen-bond acceptors (Lipinski definition) is 4. The molecule has 1 aliphatic rings. The maximum absolute atomic E-state index is 5.92. The van der Waals surface area contributed by atoms with E-state index < -0.39 is 0 Å². The molecule has 2 N–H and O–H groups in total. The number of fused-ring (bicyclic) bond motifs is 1. The first kappa shape index (κ1) is 11.5. The van der Waals surface area contributed by atoms with Crippen molar-refractivity contribution >= 4 is 11.3 Å². The van der Waals surface area contributed by atoms with Crippen molar-refractivity contribution in [2.75, 3.05) is 25.4 Å². The molecular weight excluding hydrogens is 226 g/mol. The quantitative estimate of drug-likeness (QED) is 0.871. The van der Waals surface area contributed by atoms with Crippen LogP contribution in [-0.4, -0.2) is 39.1 Å². The minimum atomic E-state index is 0.443. The second-order valence-corrected chi connectivity index (χ2v) is 4.93. The first-order valence-electron chi connectivity index (χ1n) is 6.61. The molecule has 0 bridgehead atoms. The van der Waals surface area contributed by atoms with E-state index in [1.807, 2.05) is 18.3 Å². The number of rotatable bonds is 2. The summed E-state index contributed by atoms with van der Waals surface area (Å²) in [5.74, 6) is 1.38. The lowest BCUT2D eigenvalue weighted by Crippen LogP contribution is -2.34. The molecule has 0 spiro atoms. The van der Waals surface area contributed by atoms with Crippen LogP contribution in [0.25, 0.3) is 5.65 Å². The van der Waals surface area contributed by atoms with E-state index in [0.29, 0.717) is 11.6 Å². The van der Waals surface area contributed by atoms with Gasteiger partial charge in [0.05, 0.1) is 5.69 Å². The molecule has 0 radical (unpaired) electrons. The number of piperidine rings is 1. The summed E-state index contributed by atoms with van der Waals surface area (Å²) in [7, 11) is 0. The largest absolute Gasteiger partial charge is 0.396 e. The van der Waals surface area contributed by atoms with Crippen molar-refractivity contribution in [3.63, 3.8) is 0 Å². The summed E-state index contributed by atoms with van der Waals surface area (Å²) in [6.45, 7) is 5.57. The van der Waals surface area contributed by atoms with Crippen molar-refractivity contribution in [1.82, 2.24) is 19.5 Å². The van der Waals surface area contributed by atoms with Gasteiger partial charge in [0.25, 0.3) is 0 Å². The summed E-state index contributed by atoms with van der Waals surface area (Å²) in [4.78, 5) is 7.07. The van der Waals surface area contributed by atoms with E-state index in [0.717, 1.165) is 24.6 Å². The van der Waals surface area contributed by atoms with Crippen LogP contribution in [0.2, 0.25) is 0 Å². The van der Waals surface area contributed by atoms with E-state index in [2.05, 4.69) is 21.9 Å². The number of likely N-dealkylation sites (N-methyl/N-ethyl adjacent to an activating group) is 1. The zero-order valence-electron chi connectivity index (χ0n) is 10.7. The lowest BCUT2D eigenvalue weighted by molar-refractivity contribution is 0.214. The molecule has 3 heterocycles. The van der Waals surface area contributed by atoms with E-state index in [1.54, 1.807) is 4.52 Å². The third kappa shape index (κ3) is 1.95. The molecular formula is C13H19N5. The van der Waals surface area contributed by atoms with Gasteiger partial charge in [0.1, 0.15) is 0 Å². The van der Waals surface area contributed by atoms with Crippen molar-refractivity contribution in [1.29, 1.82) is 0 Å². The van der Waals surface area contributed by atoms with Crippen LogP contribution in [0.3, 0.4) is 0 Å². The van der Waals surface area contributed by atoms with Gasteiger partial charge < -0.3 is 10.6 Å². The van der Waals surface area contributed by atoms with Crippen molar-refractivity contribution < 1.29 is 0 Å². The number of pyridine rings is 1. The molecule has 0 amide bonds. The number of nitrogens with two attached hydrogens (primary N) is 1. The number of nitrogen functional groups attached to an aromatic ring is 1. The first-order chi connectivity index (χ1) is 8.78. The lowest BCUT2D eigenvalue weighted by atomic mass is 9.97. The predicted octanol–water partition coefficient (Wildman–Crippen LogP) is 1.51. The van der Waals surface area contributed by atoms with Gasteiger partial charge in [-0.05, 0) is 38.1 Å². The van der Waals surface area contributed by atoms with Crippen LogP contribution in [0.1, 0.15) is 31.5 Å². The van der Waals surface area contributed by atoms with Crippen molar-refractivity contribution in [3.05, 3.63) is 24.2 Å². The molecule has 1 atom stereocenters. The van der Waals surface area contributed by atoms with E-state index in [-0.39, 0.29) is 0 Å². The Morgan fingerprint density at radius 3 is 3.17 bits per heavy atom. The van der Waals surface area contributed by atoms with E-state index in [9.17, 15) is 0 Å². The minimum Gasteiger partial charge on any atom is -0.396 e. The van der Waals surface area contributed by atoms with E-state index >= 15 is 0 Å². The van der Waals surface area contributed by atoms with Crippen molar-refractivity contribution in [2.24, 2.45) is 0 Å². The second-order valence-electron chi connectivity index (χ2n) is 4.93. The number of nitrogens with zero attached hydrogens (tertiary/aromatic N) is 4. The van der Waals surface area contributed by atoms with Gasteiger partial charge >= 0.3 is 0 Å². The first-order valence-corrected chi connectivity index (χ1v) is 6.61. The van der Waals surface area contributed by atoms with Crippen LogP contribution in [0.4, 0.5) is 5.69 Å². The number of likely N-dealkylation sites (tertiary alicyclic amines) is 1. The third-order valence-corrected chi connectivity index (χ3v) is 3.73. The molecule has 5 nitrogen and oxygen atoms in total. The number of aromatic nitrogens is 3. The predicted molar refractivity (Wildman–Crippen MR) is 71.5 cm³/mol. The Balaban J connectivity index is 1.92. The lowest BCUT2D eigenvalue weighted by Gasteiger charge is -2.30. The monoisotopic (exact) mass is 245 g/mol. The molecule has 0 saturated carbocycles. The number of hydrogen-bond donors (Lipinski definition) is 1. The third-order valence-electron chi connectivity index (χ3n) is 3.73. The summed E-state index contributed by atoms with van der Waals surface area (Å²) in [6.07, 6.45) is 4.30. The van der Waals surface area contributed by atoms with Crippen molar-refractivity contribution in [3.8, 4) is 0 Å². The fourth-order valence-electron chi connectivity index (χ4n) is 2.67. The van der Waals surface area contributed by atoms with Gasteiger partial charge in [0.2, 0.25) is 0 Å². The standard InChI is InChI=1S/C13H19N5/c1-2-17-7-3-5-10(9-17)12-15-13-11(14)6-4-8-18(13)16-12/h4,6,8,10H,2-3,5,7,9,14H2,1H3. The van der Waals surface area contributed by atoms with Gasteiger partial charge in [-0.3, -0.25) is 0 Å². The highest BCUT2D eigenvalue weighted by Gasteiger charge is 2.24. The van der Waals surface area contributed by atoms with Gasteiger partial charge in [-0.25, -0.2) is 9.50 Å². The highest BCUT2D eigenvalue weighted by atomic mass is 15.3. The zero-order valence-corrected chi connectivity index (χ0v) is 10.7. The average molecular weight is 245 g/mol. The summed E-state index contributed by atoms with van der Waals surface area (Å²) in [5, 5.41) is 4.56. The SMILES string of the molecule is CCN1CCCC(c2nc3c(N)cccn3n2)C1. The Labute approximate surface area is 107 Å². The Morgan fingerprint density at radius 1 is 1.50 bits per heavy atom. The highest BCUT2D eigenvalue weighted by Crippen LogP contribution is 2.25. The average Bonchev–Trinajstić information content (AvgIpc) is 2.84. The Bertz CT molecular complexity index is 547. The Hall–Kier alpha value is -1.62. The van der Waals surface area contributed by atoms with Crippen LogP contribution in [0.15, 0.2) is 18.3 Å². The summed E-state index contributed by atoms with van der Waals surface area (Å²) < 4.78 is 1.79. The minimum absolute atomic E-state index is 0.443. The molecule has 0 aromatic carbocycles. The topological polar surface area (TPSA) is 59.5 Å². The summed E-state index contributed by atoms with van der Waals surface area (Å²) >= 11 is 0. The Morgan fingerprint density at radius 2 is 2.39 bits per heavy atom. The second kappa shape index (κ2) is 4.57. The van der Waals surface area contributed by atoms with Gasteiger partial charge in [-0.1, -0.05) is 6.92 Å². The molecule has 2 aromatic rings.